The highest BCUT2D eigenvalue weighted by atomic mass is 16.8. The highest BCUT2D eigenvalue weighted by Gasteiger charge is 2.52. The number of rotatable bonds is 2. The normalized spacial score (nSPS) is 33.4. The van der Waals surface area contributed by atoms with Gasteiger partial charge in [-0.3, -0.25) is 0 Å². The van der Waals surface area contributed by atoms with Crippen LogP contribution in [0.5, 0.6) is 0 Å². The molecule has 0 aromatic heterocycles. The second-order valence-electron chi connectivity index (χ2n) is 6.57. The first kappa shape index (κ1) is 14.7. The minimum absolute atomic E-state index is 0.0849. The predicted molar refractivity (Wildman–Crippen MR) is 86.0 cm³/mol. The summed E-state index contributed by atoms with van der Waals surface area (Å²) in [7, 11) is 0. The molecular formula is C18H20N2O3. The lowest BCUT2D eigenvalue weighted by molar-refractivity contribution is -1.07. The summed E-state index contributed by atoms with van der Waals surface area (Å²) in [5.74, 6) is -0.0849. The van der Waals surface area contributed by atoms with Gasteiger partial charge in [0.25, 0.3) is 0 Å². The molecule has 2 aromatic rings. The van der Waals surface area contributed by atoms with E-state index in [4.69, 9.17) is 4.74 Å². The van der Waals surface area contributed by atoms with Crippen LogP contribution in [0.25, 0.3) is 0 Å². The van der Waals surface area contributed by atoms with Crippen molar-refractivity contribution < 1.29 is 15.2 Å². The van der Waals surface area contributed by atoms with Crippen LogP contribution in [-0.4, -0.2) is 17.0 Å². The zero-order valence-electron chi connectivity index (χ0n) is 12.9. The number of para-hydroxylation sites is 1. The summed E-state index contributed by atoms with van der Waals surface area (Å²) in [6, 6.07) is 17.1. The number of hydrogen-bond donors (Lipinski definition) is 3. The van der Waals surface area contributed by atoms with Crippen molar-refractivity contribution >= 4 is 5.69 Å². The van der Waals surface area contributed by atoms with E-state index < -0.39 is 23.1 Å². The quantitative estimate of drug-likeness (QED) is 0.744. The number of anilines is 1. The van der Waals surface area contributed by atoms with Gasteiger partial charge in [-0.1, -0.05) is 48.5 Å². The number of ether oxygens (including phenoxy) is 1. The molecule has 0 spiro atoms. The third-order valence-electron chi connectivity index (χ3n) is 4.94. The average molecular weight is 312 g/mol. The summed E-state index contributed by atoms with van der Waals surface area (Å²) < 4.78 is 6.17. The third-order valence-corrected chi connectivity index (χ3v) is 4.94. The van der Waals surface area contributed by atoms with E-state index in [9.17, 15) is 10.4 Å². The predicted octanol–water partition coefficient (Wildman–Crippen LogP) is 2.21. The van der Waals surface area contributed by atoms with Crippen LogP contribution in [0.4, 0.5) is 5.69 Å². The Morgan fingerprint density at radius 2 is 1.87 bits per heavy atom. The molecule has 2 heterocycles. The van der Waals surface area contributed by atoms with Crippen molar-refractivity contribution in [2.75, 3.05) is 5.32 Å². The first-order valence-electron chi connectivity index (χ1n) is 7.90. The van der Waals surface area contributed by atoms with E-state index in [0.717, 1.165) is 16.8 Å². The largest absolute Gasteiger partial charge is 0.600 e. The molecule has 0 amide bonds. The van der Waals surface area contributed by atoms with Crippen LogP contribution in [-0.2, 0) is 4.74 Å². The van der Waals surface area contributed by atoms with Gasteiger partial charge >= 0.3 is 0 Å². The Kier molecular flexibility index (Phi) is 3.39. The summed E-state index contributed by atoms with van der Waals surface area (Å²) in [5.41, 5.74) is 2.41. The summed E-state index contributed by atoms with van der Waals surface area (Å²) in [4.78, 5) is 0. The number of benzene rings is 2. The molecule has 5 nitrogen and oxygen atoms in total. The topological polar surface area (TPSA) is 69.0 Å². The second kappa shape index (κ2) is 5.32. The Bertz CT molecular complexity index is 706. The van der Waals surface area contributed by atoms with E-state index >= 15 is 0 Å². The van der Waals surface area contributed by atoms with Crippen LogP contribution < -0.4 is 10.5 Å². The number of hydrogen-bond acceptors (Lipinski definition) is 4. The SMILES string of the molecule is C[C@]12C[C@H](c3ccccc3)[C@H]([NH+]([O-])O)[C@H](O1)c1ccccc1N2. The molecule has 120 valence electrons. The lowest BCUT2D eigenvalue weighted by Gasteiger charge is -2.52. The number of hydroxylamine groups is 2. The van der Waals surface area contributed by atoms with E-state index in [1.807, 2.05) is 61.5 Å². The Morgan fingerprint density at radius 1 is 1.17 bits per heavy atom. The maximum absolute atomic E-state index is 12.1. The minimum atomic E-state index is -0.803. The summed E-state index contributed by atoms with van der Waals surface area (Å²) in [5, 5.41) is 24.6. The fraction of sp³-hybridized carbons (Fsp3) is 0.333. The molecule has 0 aliphatic carbocycles. The smallest absolute Gasteiger partial charge is 0.155 e. The van der Waals surface area contributed by atoms with Crippen molar-refractivity contribution in [1.82, 2.24) is 0 Å². The Morgan fingerprint density at radius 3 is 2.61 bits per heavy atom. The van der Waals surface area contributed by atoms with Gasteiger partial charge in [0.15, 0.2) is 6.04 Å². The van der Waals surface area contributed by atoms with Gasteiger partial charge in [0.2, 0.25) is 0 Å². The molecule has 0 radical (unpaired) electrons. The average Bonchev–Trinajstić information content (AvgIpc) is 2.54. The van der Waals surface area contributed by atoms with Crippen LogP contribution in [0.1, 0.15) is 36.5 Å². The van der Waals surface area contributed by atoms with Crippen LogP contribution >= 0.6 is 0 Å². The molecule has 2 aromatic carbocycles. The van der Waals surface area contributed by atoms with Crippen molar-refractivity contribution in [3.8, 4) is 0 Å². The maximum Gasteiger partial charge on any atom is 0.155 e. The van der Waals surface area contributed by atoms with Crippen LogP contribution in [0.2, 0.25) is 0 Å². The maximum atomic E-state index is 12.1. The molecule has 3 N–H and O–H groups in total. The molecule has 5 atom stereocenters. The molecular weight excluding hydrogens is 292 g/mol. The molecule has 23 heavy (non-hydrogen) atoms. The van der Waals surface area contributed by atoms with Crippen molar-refractivity contribution in [1.29, 1.82) is 0 Å². The van der Waals surface area contributed by atoms with Crippen LogP contribution in [0.3, 0.4) is 0 Å². The Labute approximate surface area is 135 Å². The molecule has 2 aliphatic rings. The van der Waals surface area contributed by atoms with Crippen molar-refractivity contribution in [3.05, 3.63) is 70.9 Å². The van der Waals surface area contributed by atoms with Gasteiger partial charge in [-0.25, -0.2) is 10.4 Å². The number of quaternary nitrogens is 1. The molecule has 1 saturated heterocycles. The molecule has 4 rings (SSSR count). The van der Waals surface area contributed by atoms with Crippen LogP contribution in [0.15, 0.2) is 54.6 Å². The molecule has 5 heteroatoms. The first-order valence-corrected chi connectivity index (χ1v) is 7.90. The highest BCUT2D eigenvalue weighted by Crippen LogP contribution is 2.49. The van der Waals surface area contributed by atoms with Gasteiger partial charge in [-0.15, -0.1) is 0 Å². The van der Waals surface area contributed by atoms with Crippen molar-refractivity contribution in [2.24, 2.45) is 0 Å². The van der Waals surface area contributed by atoms with Crippen molar-refractivity contribution in [2.45, 2.75) is 37.1 Å². The summed E-state index contributed by atoms with van der Waals surface area (Å²) in [6.07, 6.45) is 0.188. The lowest BCUT2D eigenvalue weighted by atomic mass is 9.76. The highest BCUT2D eigenvalue weighted by molar-refractivity contribution is 5.56. The zero-order valence-corrected chi connectivity index (χ0v) is 12.9. The van der Waals surface area contributed by atoms with E-state index in [1.54, 1.807) is 0 Å². The van der Waals surface area contributed by atoms with E-state index in [2.05, 4.69) is 5.32 Å². The minimum Gasteiger partial charge on any atom is -0.600 e. The van der Waals surface area contributed by atoms with E-state index in [0.29, 0.717) is 6.42 Å². The second-order valence-corrected chi connectivity index (χ2v) is 6.57. The summed E-state index contributed by atoms with van der Waals surface area (Å²) in [6.45, 7) is 2.00. The number of fused-ring (bicyclic) bond motifs is 4. The summed E-state index contributed by atoms with van der Waals surface area (Å²) >= 11 is 0. The standard InChI is InChI=1S/C18H20N2O3/c1-18-11-14(12-7-3-2-4-8-12)16(20(21)22)17(23-18)13-9-5-6-10-15(13)19-18/h2-10,14,16-17,19-21H,11H2,1H3/t14-,16+,17-,18-/m1/s1. The van der Waals surface area contributed by atoms with Crippen LogP contribution in [0, 0.1) is 5.21 Å². The number of nitrogens with one attached hydrogen (secondary N) is 2. The molecule has 2 bridgehead atoms. The van der Waals surface area contributed by atoms with Gasteiger partial charge in [-0.2, -0.15) is 0 Å². The van der Waals surface area contributed by atoms with Gasteiger partial charge in [0, 0.05) is 23.6 Å². The van der Waals surface area contributed by atoms with Gasteiger partial charge in [0.05, 0.1) is 0 Å². The van der Waals surface area contributed by atoms with Gasteiger partial charge in [0.1, 0.15) is 11.8 Å². The Hall–Kier alpha value is -1.92. The van der Waals surface area contributed by atoms with Crippen molar-refractivity contribution in [3.63, 3.8) is 0 Å². The first-order chi connectivity index (χ1) is 11.1. The fourth-order valence-corrected chi connectivity index (χ4v) is 3.97. The molecule has 2 aliphatic heterocycles. The van der Waals surface area contributed by atoms with Gasteiger partial charge in [-0.05, 0) is 18.6 Å². The lowest BCUT2D eigenvalue weighted by Crippen LogP contribution is -3.11. The fourth-order valence-electron chi connectivity index (χ4n) is 3.97. The van der Waals surface area contributed by atoms with E-state index in [1.165, 1.54) is 0 Å². The van der Waals surface area contributed by atoms with E-state index in [-0.39, 0.29) is 5.92 Å². The zero-order chi connectivity index (χ0) is 16.0. The third kappa shape index (κ3) is 2.42. The molecule has 1 unspecified atom stereocenters. The monoisotopic (exact) mass is 312 g/mol. The molecule has 0 saturated carbocycles. The Balaban J connectivity index is 1.83. The molecule has 1 fully saturated rings. The van der Waals surface area contributed by atoms with Gasteiger partial charge < -0.3 is 15.3 Å².